The quantitative estimate of drug-likeness (QED) is 0.883. The van der Waals surface area contributed by atoms with E-state index < -0.39 is 15.8 Å². The van der Waals surface area contributed by atoms with Gasteiger partial charge in [-0.3, -0.25) is 9.52 Å². The van der Waals surface area contributed by atoms with E-state index in [4.69, 9.17) is 0 Å². The molecule has 4 nitrogen and oxygen atoms in total. The fraction of sp³-hybridized carbons (Fsp3) is 0.133. The molecule has 2 rings (SSSR count). The fourth-order valence-corrected chi connectivity index (χ4v) is 3.67. The Morgan fingerprint density at radius 3 is 2.05 bits per heavy atom. The highest BCUT2D eigenvalue weighted by molar-refractivity contribution is 7.92. The number of carbonyl (C=O) groups is 1. The summed E-state index contributed by atoms with van der Waals surface area (Å²) in [4.78, 5) is 10.6. The first-order valence-electron chi connectivity index (χ1n) is 6.18. The predicted molar refractivity (Wildman–Crippen MR) is 78.5 cm³/mol. The van der Waals surface area contributed by atoms with Gasteiger partial charge in [-0.2, -0.15) is 0 Å². The summed E-state index contributed by atoms with van der Waals surface area (Å²) in [6.45, 7) is 3.08. The lowest BCUT2D eigenvalue weighted by Gasteiger charge is -2.13. The first-order valence-corrected chi connectivity index (χ1v) is 7.66. The Labute approximate surface area is 122 Å². The molecule has 0 amide bonds. The highest BCUT2D eigenvalue weighted by atomic mass is 32.2. The topological polar surface area (TPSA) is 63.2 Å². The van der Waals surface area contributed by atoms with Crippen molar-refractivity contribution < 1.29 is 17.6 Å². The van der Waals surface area contributed by atoms with Crippen molar-refractivity contribution in [3.63, 3.8) is 0 Å². The number of carbonyl (C=O) groups excluding carboxylic acids is 1. The van der Waals surface area contributed by atoms with Gasteiger partial charge in [-0.25, -0.2) is 12.8 Å². The highest BCUT2D eigenvalue weighted by Gasteiger charge is 2.20. The summed E-state index contributed by atoms with van der Waals surface area (Å²) in [7, 11) is -3.82. The summed E-state index contributed by atoms with van der Waals surface area (Å²) in [5, 5.41) is 0. The largest absolute Gasteiger partial charge is 0.298 e. The van der Waals surface area contributed by atoms with Crippen LogP contribution in [0.1, 0.15) is 21.5 Å². The molecule has 0 bridgehead atoms. The number of benzene rings is 2. The van der Waals surface area contributed by atoms with Crippen LogP contribution < -0.4 is 4.72 Å². The molecule has 0 saturated heterocycles. The standard InChI is InChI=1S/C15H14FNO3S/c1-10-7-13(16)8-11(2)15(10)21(19,20)17-14-5-3-12(9-18)4-6-14/h3-9,17H,1-2H3. The number of sulfonamides is 1. The lowest BCUT2D eigenvalue weighted by Crippen LogP contribution is -2.16. The van der Waals surface area contributed by atoms with E-state index in [9.17, 15) is 17.6 Å². The van der Waals surface area contributed by atoms with E-state index in [0.717, 1.165) is 0 Å². The van der Waals surface area contributed by atoms with Crippen LogP contribution in [-0.2, 0) is 10.0 Å². The molecular formula is C15H14FNO3S. The normalized spacial score (nSPS) is 11.2. The third-order valence-corrected chi connectivity index (χ3v) is 4.68. The number of halogens is 1. The van der Waals surface area contributed by atoms with E-state index >= 15 is 0 Å². The minimum atomic E-state index is -3.82. The van der Waals surface area contributed by atoms with E-state index in [0.29, 0.717) is 28.7 Å². The predicted octanol–water partition coefficient (Wildman–Crippen LogP) is 3.06. The van der Waals surface area contributed by atoms with Crippen molar-refractivity contribution in [3.05, 3.63) is 58.9 Å². The molecule has 0 aliphatic rings. The molecule has 0 aliphatic carbocycles. The maximum Gasteiger partial charge on any atom is 0.262 e. The second kappa shape index (κ2) is 5.65. The Balaban J connectivity index is 2.40. The van der Waals surface area contributed by atoms with Crippen molar-refractivity contribution in [1.29, 1.82) is 0 Å². The maximum atomic E-state index is 13.3. The van der Waals surface area contributed by atoms with Crippen LogP contribution in [0.3, 0.4) is 0 Å². The van der Waals surface area contributed by atoms with E-state index in [1.54, 1.807) is 13.8 Å². The Bertz CT molecular complexity index is 760. The molecule has 2 aromatic carbocycles. The number of aldehydes is 1. The molecule has 0 saturated carbocycles. The average molecular weight is 307 g/mol. The Kier molecular flexibility index (Phi) is 4.09. The molecule has 110 valence electrons. The van der Waals surface area contributed by atoms with E-state index in [1.807, 2.05) is 0 Å². The lowest BCUT2D eigenvalue weighted by molar-refractivity contribution is 0.112. The van der Waals surface area contributed by atoms with Crippen molar-refractivity contribution in [3.8, 4) is 0 Å². The van der Waals surface area contributed by atoms with Crippen LogP contribution in [0.4, 0.5) is 10.1 Å². The van der Waals surface area contributed by atoms with Crippen LogP contribution in [0.25, 0.3) is 0 Å². The number of hydrogen-bond acceptors (Lipinski definition) is 3. The van der Waals surface area contributed by atoms with E-state index in [2.05, 4.69) is 4.72 Å². The number of hydrogen-bond donors (Lipinski definition) is 1. The summed E-state index contributed by atoms with van der Waals surface area (Å²) in [5.41, 5.74) is 1.46. The summed E-state index contributed by atoms with van der Waals surface area (Å²) < 4.78 is 40.5. The molecule has 0 unspecified atom stereocenters. The number of anilines is 1. The summed E-state index contributed by atoms with van der Waals surface area (Å²) >= 11 is 0. The average Bonchev–Trinajstić information content (AvgIpc) is 2.37. The minimum Gasteiger partial charge on any atom is -0.298 e. The molecule has 0 aliphatic heterocycles. The van der Waals surface area contributed by atoms with Crippen LogP contribution in [0.5, 0.6) is 0 Å². The van der Waals surface area contributed by atoms with Gasteiger partial charge in [0.15, 0.2) is 0 Å². The van der Waals surface area contributed by atoms with Gasteiger partial charge in [-0.1, -0.05) is 0 Å². The van der Waals surface area contributed by atoms with Gasteiger partial charge in [0, 0.05) is 11.3 Å². The molecule has 21 heavy (non-hydrogen) atoms. The summed E-state index contributed by atoms with van der Waals surface area (Å²) in [5.74, 6) is -0.473. The SMILES string of the molecule is Cc1cc(F)cc(C)c1S(=O)(=O)Nc1ccc(C=O)cc1. The van der Waals surface area contributed by atoms with Gasteiger partial charge in [-0.15, -0.1) is 0 Å². The smallest absolute Gasteiger partial charge is 0.262 e. The molecule has 2 aromatic rings. The molecule has 0 atom stereocenters. The van der Waals surface area contributed by atoms with Crippen molar-refractivity contribution in [1.82, 2.24) is 0 Å². The summed E-state index contributed by atoms with van der Waals surface area (Å²) in [6.07, 6.45) is 0.673. The zero-order valence-corrected chi connectivity index (χ0v) is 12.4. The van der Waals surface area contributed by atoms with Crippen LogP contribution in [0.2, 0.25) is 0 Å². The lowest BCUT2D eigenvalue weighted by atomic mass is 10.1. The molecule has 1 N–H and O–H groups in total. The zero-order chi connectivity index (χ0) is 15.6. The zero-order valence-electron chi connectivity index (χ0n) is 11.6. The van der Waals surface area contributed by atoms with Crippen LogP contribution in [0, 0.1) is 19.7 Å². The van der Waals surface area contributed by atoms with Gasteiger partial charge >= 0.3 is 0 Å². The van der Waals surface area contributed by atoms with Gasteiger partial charge in [0.2, 0.25) is 0 Å². The second-order valence-corrected chi connectivity index (χ2v) is 6.33. The van der Waals surface area contributed by atoms with E-state index in [-0.39, 0.29) is 4.90 Å². The third kappa shape index (κ3) is 3.28. The Morgan fingerprint density at radius 2 is 1.57 bits per heavy atom. The molecule has 0 radical (unpaired) electrons. The third-order valence-electron chi connectivity index (χ3n) is 2.99. The summed E-state index contributed by atoms with van der Waals surface area (Å²) in [6, 6.07) is 8.36. The van der Waals surface area contributed by atoms with Gasteiger partial charge in [0.25, 0.3) is 10.0 Å². The molecule has 0 aromatic heterocycles. The number of nitrogens with one attached hydrogen (secondary N) is 1. The first-order chi connectivity index (χ1) is 9.83. The molecule has 6 heteroatoms. The van der Waals surface area contributed by atoms with Crippen molar-refractivity contribution >= 4 is 22.0 Å². The molecular weight excluding hydrogens is 293 g/mol. The minimum absolute atomic E-state index is 0.0587. The van der Waals surface area contributed by atoms with Gasteiger partial charge in [0.1, 0.15) is 12.1 Å². The van der Waals surface area contributed by atoms with Gasteiger partial charge in [-0.05, 0) is 61.4 Å². The first kappa shape index (κ1) is 15.2. The number of aryl methyl sites for hydroxylation is 2. The molecule has 0 fully saturated rings. The van der Waals surface area contributed by atoms with Crippen molar-refractivity contribution in [2.24, 2.45) is 0 Å². The van der Waals surface area contributed by atoms with Crippen LogP contribution >= 0.6 is 0 Å². The van der Waals surface area contributed by atoms with Gasteiger partial charge < -0.3 is 0 Å². The van der Waals surface area contributed by atoms with Gasteiger partial charge in [0.05, 0.1) is 4.90 Å². The Morgan fingerprint density at radius 1 is 1.05 bits per heavy atom. The van der Waals surface area contributed by atoms with Crippen LogP contribution in [-0.4, -0.2) is 14.7 Å². The maximum absolute atomic E-state index is 13.3. The van der Waals surface area contributed by atoms with Crippen molar-refractivity contribution in [2.75, 3.05) is 4.72 Å². The monoisotopic (exact) mass is 307 g/mol. The van der Waals surface area contributed by atoms with E-state index in [1.165, 1.54) is 36.4 Å². The van der Waals surface area contributed by atoms with Crippen molar-refractivity contribution in [2.45, 2.75) is 18.7 Å². The Hall–Kier alpha value is -2.21. The highest BCUT2D eigenvalue weighted by Crippen LogP contribution is 2.24. The molecule has 0 spiro atoms. The second-order valence-electron chi connectivity index (χ2n) is 4.71. The fourth-order valence-electron chi connectivity index (χ4n) is 2.16. The number of rotatable bonds is 4. The van der Waals surface area contributed by atoms with Crippen LogP contribution in [0.15, 0.2) is 41.3 Å². The molecule has 0 heterocycles.